The van der Waals surface area contributed by atoms with E-state index in [0.29, 0.717) is 25.1 Å². The van der Waals surface area contributed by atoms with E-state index in [9.17, 15) is 14.0 Å². The summed E-state index contributed by atoms with van der Waals surface area (Å²) in [6.45, 7) is 0.816. The molecule has 2 atom stereocenters. The fourth-order valence-corrected chi connectivity index (χ4v) is 2.55. The van der Waals surface area contributed by atoms with Gasteiger partial charge in [-0.3, -0.25) is 9.59 Å². The number of amides is 2. The molecule has 7 heteroatoms. The van der Waals surface area contributed by atoms with Crippen LogP contribution in [-0.4, -0.2) is 56.7 Å². The Balaban J connectivity index is 2.15. The topological polar surface area (TPSA) is 67.9 Å². The summed E-state index contributed by atoms with van der Waals surface area (Å²) in [6, 6.07) is 5.19. The van der Waals surface area contributed by atoms with Crippen LogP contribution >= 0.6 is 0 Å². The van der Waals surface area contributed by atoms with E-state index >= 15 is 0 Å². The van der Waals surface area contributed by atoms with Gasteiger partial charge in [0.05, 0.1) is 6.04 Å². The van der Waals surface area contributed by atoms with E-state index in [1.54, 1.807) is 26.3 Å². The van der Waals surface area contributed by atoms with E-state index in [1.807, 2.05) is 0 Å². The number of rotatable bonds is 6. The third kappa shape index (κ3) is 4.27. The van der Waals surface area contributed by atoms with Crippen molar-refractivity contribution in [1.29, 1.82) is 0 Å². The van der Waals surface area contributed by atoms with Crippen molar-refractivity contribution in [2.75, 3.05) is 33.9 Å². The normalized spacial score (nSPS) is 21.3. The van der Waals surface area contributed by atoms with Gasteiger partial charge in [-0.05, 0) is 24.1 Å². The number of hydrogen-bond acceptors (Lipinski definition) is 4. The van der Waals surface area contributed by atoms with Crippen LogP contribution in [0.15, 0.2) is 24.3 Å². The van der Waals surface area contributed by atoms with Crippen molar-refractivity contribution in [3.8, 4) is 0 Å². The van der Waals surface area contributed by atoms with E-state index in [4.69, 9.17) is 9.47 Å². The number of nitrogens with one attached hydrogen (secondary N) is 1. The summed E-state index contributed by atoms with van der Waals surface area (Å²) in [5.41, 5.74) is 0.526. The van der Waals surface area contributed by atoms with Crippen LogP contribution in [0, 0.1) is 5.82 Å². The third-order valence-electron chi connectivity index (χ3n) is 3.76. The highest BCUT2D eigenvalue weighted by molar-refractivity contribution is 5.86. The Morgan fingerprint density at radius 1 is 1.52 bits per heavy atom. The van der Waals surface area contributed by atoms with Gasteiger partial charge in [0.1, 0.15) is 12.4 Å². The molecule has 1 N–H and O–H groups in total. The molecule has 1 aliphatic rings. The van der Waals surface area contributed by atoms with E-state index < -0.39 is 18.0 Å². The Morgan fingerprint density at radius 3 is 3.00 bits per heavy atom. The molecule has 0 bridgehead atoms. The summed E-state index contributed by atoms with van der Waals surface area (Å²) in [5, 5.41) is 2.76. The van der Waals surface area contributed by atoms with Crippen LogP contribution in [0.25, 0.3) is 0 Å². The van der Waals surface area contributed by atoms with E-state index in [2.05, 4.69) is 5.32 Å². The zero-order valence-electron chi connectivity index (χ0n) is 13.3. The Labute approximate surface area is 134 Å². The minimum atomic E-state index is -0.873. The monoisotopic (exact) mass is 324 g/mol. The zero-order chi connectivity index (χ0) is 16.8. The summed E-state index contributed by atoms with van der Waals surface area (Å²) in [6.07, 6.45) is -0.198. The summed E-state index contributed by atoms with van der Waals surface area (Å²) >= 11 is 0. The molecule has 1 fully saturated rings. The summed E-state index contributed by atoms with van der Waals surface area (Å²) in [5.74, 6) is -0.995. The van der Waals surface area contributed by atoms with Crippen LogP contribution in [-0.2, 0) is 19.1 Å². The maximum Gasteiger partial charge on any atom is 0.251 e. The first-order valence-corrected chi connectivity index (χ1v) is 7.44. The number of likely N-dealkylation sites (N-methyl/N-ethyl adjacent to an activating group) is 1. The highest BCUT2D eigenvalue weighted by Crippen LogP contribution is 2.29. The Kier molecular flexibility index (Phi) is 6.06. The summed E-state index contributed by atoms with van der Waals surface area (Å²) in [4.78, 5) is 25.7. The molecule has 0 saturated carbocycles. The summed E-state index contributed by atoms with van der Waals surface area (Å²) < 4.78 is 23.9. The van der Waals surface area contributed by atoms with Gasteiger partial charge < -0.3 is 19.7 Å². The van der Waals surface area contributed by atoms with Gasteiger partial charge in [0.2, 0.25) is 5.91 Å². The van der Waals surface area contributed by atoms with Crippen LogP contribution in [0.1, 0.15) is 18.0 Å². The SMILES string of the molecule is COCCCNC(=O)C1OCC(=O)N(C)C1c1cccc(F)c1. The molecule has 1 aliphatic heterocycles. The molecule has 2 amide bonds. The van der Waals surface area contributed by atoms with E-state index in [-0.39, 0.29) is 18.4 Å². The first-order valence-electron chi connectivity index (χ1n) is 7.44. The number of nitrogens with zero attached hydrogens (tertiary/aromatic N) is 1. The van der Waals surface area contributed by atoms with Crippen molar-refractivity contribution in [3.63, 3.8) is 0 Å². The van der Waals surface area contributed by atoms with Crippen LogP contribution < -0.4 is 5.32 Å². The molecule has 2 rings (SSSR count). The second kappa shape index (κ2) is 8.03. The Hall–Kier alpha value is -1.99. The smallest absolute Gasteiger partial charge is 0.251 e. The van der Waals surface area contributed by atoms with Gasteiger partial charge in [0.25, 0.3) is 5.91 Å². The van der Waals surface area contributed by atoms with E-state index in [1.165, 1.54) is 17.0 Å². The molecular weight excluding hydrogens is 303 g/mol. The third-order valence-corrected chi connectivity index (χ3v) is 3.76. The molecular formula is C16H21FN2O4. The van der Waals surface area contributed by atoms with Crippen LogP contribution in [0.3, 0.4) is 0 Å². The minimum Gasteiger partial charge on any atom is -0.385 e. The average molecular weight is 324 g/mol. The number of ether oxygens (including phenoxy) is 2. The van der Waals surface area contributed by atoms with E-state index in [0.717, 1.165) is 0 Å². The predicted molar refractivity (Wildman–Crippen MR) is 81.2 cm³/mol. The summed E-state index contributed by atoms with van der Waals surface area (Å²) in [7, 11) is 3.18. The molecule has 6 nitrogen and oxygen atoms in total. The second-order valence-corrected chi connectivity index (χ2v) is 5.37. The highest BCUT2D eigenvalue weighted by atomic mass is 19.1. The average Bonchev–Trinajstić information content (AvgIpc) is 2.53. The molecule has 1 heterocycles. The van der Waals surface area contributed by atoms with Crippen LogP contribution in [0.5, 0.6) is 0 Å². The highest BCUT2D eigenvalue weighted by Gasteiger charge is 2.39. The standard InChI is InChI=1S/C16H21FN2O4/c1-19-13(20)10-23-15(16(21)18-7-4-8-22-2)14(19)11-5-3-6-12(17)9-11/h3,5-6,9,14-15H,4,7-8,10H2,1-2H3,(H,18,21). The lowest BCUT2D eigenvalue weighted by molar-refractivity contribution is -0.162. The lowest BCUT2D eigenvalue weighted by atomic mass is 9.97. The predicted octanol–water partition coefficient (Wildman–Crippen LogP) is 0.877. The Morgan fingerprint density at radius 2 is 2.30 bits per heavy atom. The van der Waals surface area contributed by atoms with Crippen LogP contribution in [0.2, 0.25) is 0 Å². The molecule has 1 saturated heterocycles. The van der Waals surface area contributed by atoms with Gasteiger partial charge in [0, 0.05) is 27.3 Å². The lowest BCUT2D eigenvalue weighted by Gasteiger charge is -2.38. The molecule has 23 heavy (non-hydrogen) atoms. The number of hydrogen-bond donors (Lipinski definition) is 1. The largest absolute Gasteiger partial charge is 0.385 e. The number of methoxy groups -OCH3 is 1. The molecule has 1 aromatic rings. The van der Waals surface area contributed by atoms with Gasteiger partial charge >= 0.3 is 0 Å². The van der Waals surface area contributed by atoms with Gasteiger partial charge in [-0.25, -0.2) is 4.39 Å². The van der Waals surface area contributed by atoms with Gasteiger partial charge in [-0.2, -0.15) is 0 Å². The number of halogens is 1. The molecule has 126 valence electrons. The van der Waals surface area contributed by atoms with Gasteiger partial charge in [-0.15, -0.1) is 0 Å². The Bertz CT molecular complexity index is 567. The molecule has 1 aromatic carbocycles. The number of benzene rings is 1. The fourth-order valence-electron chi connectivity index (χ4n) is 2.55. The molecule has 0 aromatic heterocycles. The molecule has 0 aliphatic carbocycles. The van der Waals surface area contributed by atoms with Crippen molar-refractivity contribution in [3.05, 3.63) is 35.6 Å². The lowest BCUT2D eigenvalue weighted by Crippen LogP contribution is -2.53. The maximum atomic E-state index is 13.5. The van der Waals surface area contributed by atoms with Crippen molar-refractivity contribution in [2.24, 2.45) is 0 Å². The molecule has 2 unspecified atom stereocenters. The van der Waals surface area contributed by atoms with Gasteiger partial charge in [0.15, 0.2) is 6.10 Å². The maximum absolute atomic E-state index is 13.5. The minimum absolute atomic E-state index is 0.168. The van der Waals surface area contributed by atoms with Crippen molar-refractivity contribution in [1.82, 2.24) is 10.2 Å². The van der Waals surface area contributed by atoms with Crippen molar-refractivity contribution >= 4 is 11.8 Å². The zero-order valence-corrected chi connectivity index (χ0v) is 13.3. The number of morpholine rings is 1. The van der Waals surface area contributed by atoms with Crippen molar-refractivity contribution < 1.29 is 23.5 Å². The first-order chi connectivity index (χ1) is 11.0. The van der Waals surface area contributed by atoms with Gasteiger partial charge in [-0.1, -0.05) is 12.1 Å². The molecule has 0 spiro atoms. The number of carbonyl (C=O) groups excluding carboxylic acids is 2. The quantitative estimate of drug-likeness (QED) is 0.789. The fraction of sp³-hybridized carbons (Fsp3) is 0.500. The number of carbonyl (C=O) groups is 2. The van der Waals surface area contributed by atoms with Crippen molar-refractivity contribution in [2.45, 2.75) is 18.6 Å². The first kappa shape index (κ1) is 17.4. The van der Waals surface area contributed by atoms with Crippen LogP contribution in [0.4, 0.5) is 4.39 Å². The second-order valence-electron chi connectivity index (χ2n) is 5.37. The molecule has 0 radical (unpaired) electrons.